The molecule has 0 fully saturated rings. The van der Waals surface area contributed by atoms with Crippen LogP contribution in [0.1, 0.15) is 6.92 Å². The number of halogens is 1. The van der Waals surface area contributed by atoms with E-state index < -0.39 is 0 Å². The van der Waals surface area contributed by atoms with E-state index in [2.05, 4.69) is 31.3 Å². The lowest BCUT2D eigenvalue weighted by molar-refractivity contribution is -0.122. The van der Waals surface area contributed by atoms with E-state index in [9.17, 15) is 4.79 Å². The van der Waals surface area contributed by atoms with Crippen molar-refractivity contribution in [2.24, 2.45) is 0 Å². The monoisotopic (exact) mass is 291 g/mol. The number of nitrogens with zero attached hydrogens (tertiary/aromatic N) is 3. The van der Waals surface area contributed by atoms with Gasteiger partial charge in [0.05, 0.1) is 6.61 Å². The van der Waals surface area contributed by atoms with Crippen LogP contribution in [-0.4, -0.2) is 40.4 Å². The van der Waals surface area contributed by atoms with E-state index in [4.69, 9.17) is 10.5 Å². The number of nitrogens with one attached hydrogen (secondary N) is 1. The Bertz CT molecular complexity index is 367. The quantitative estimate of drug-likeness (QED) is 0.782. The number of methoxy groups -OCH3 is 1. The maximum atomic E-state index is 11.5. The standard InChI is InChI=1S/C8H14BrN5O2/c1-5(4-16-2)11-6(15)3-14-7(9)12-8(10)13-14/h5H,3-4H2,1-2H3,(H2,10,13)(H,11,15). The highest BCUT2D eigenvalue weighted by atomic mass is 79.9. The first-order valence-corrected chi connectivity index (χ1v) is 5.46. The van der Waals surface area contributed by atoms with Crippen LogP contribution in [0.3, 0.4) is 0 Å². The molecule has 0 saturated carbocycles. The predicted molar refractivity (Wildman–Crippen MR) is 61.6 cm³/mol. The minimum atomic E-state index is -0.171. The first kappa shape index (κ1) is 12.9. The summed E-state index contributed by atoms with van der Waals surface area (Å²) in [5.74, 6) is -0.0419. The molecule has 90 valence electrons. The summed E-state index contributed by atoms with van der Waals surface area (Å²) >= 11 is 3.15. The molecule has 7 nitrogen and oxygen atoms in total. The van der Waals surface area contributed by atoms with Crippen molar-refractivity contribution >= 4 is 27.8 Å². The van der Waals surface area contributed by atoms with Gasteiger partial charge in [-0.1, -0.05) is 0 Å². The molecule has 3 N–H and O–H groups in total. The van der Waals surface area contributed by atoms with Crippen molar-refractivity contribution in [1.82, 2.24) is 20.1 Å². The number of nitrogen functional groups attached to an aromatic ring is 1. The molecule has 16 heavy (non-hydrogen) atoms. The van der Waals surface area contributed by atoms with Crippen molar-refractivity contribution in [1.29, 1.82) is 0 Å². The zero-order chi connectivity index (χ0) is 12.1. The van der Waals surface area contributed by atoms with Gasteiger partial charge in [-0.3, -0.25) is 4.79 Å². The summed E-state index contributed by atoms with van der Waals surface area (Å²) in [5, 5.41) is 6.60. The van der Waals surface area contributed by atoms with Gasteiger partial charge in [0.1, 0.15) is 6.54 Å². The number of aromatic nitrogens is 3. The van der Waals surface area contributed by atoms with Crippen molar-refractivity contribution in [3.63, 3.8) is 0 Å². The molecule has 8 heteroatoms. The molecule has 0 aromatic carbocycles. The van der Waals surface area contributed by atoms with Crippen molar-refractivity contribution in [2.45, 2.75) is 19.5 Å². The fourth-order valence-corrected chi connectivity index (χ4v) is 1.57. The van der Waals surface area contributed by atoms with Gasteiger partial charge in [0.2, 0.25) is 11.9 Å². The number of anilines is 1. The van der Waals surface area contributed by atoms with Gasteiger partial charge < -0.3 is 15.8 Å². The molecule has 0 aliphatic rings. The number of amides is 1. The Morgan fingerprint density at radius 1 is 1.75 bits per heavy atom. The minimum absolute atomic E-state index is 0.0443. The fourth-order valence-electron chi connectivity index (χ4n) is 1.19. The number of hydrogen-bond donors (Lipinski definition) is 2. The topological polar surface area (TPSA) is 95.1 Å². The summed E-state index contributed by atoms with van der Waals surface area (Å²) in [5.41, 5.74) is 5.38. The number of nitrogens with two attached hydrogens (primary N) is 1. The van der Waals surface area contributed by atoms with Gasteiger partial charge >= 0.3 is 0 Å². The zero-order valence-corrected chi connectivity index (χ0v) is 10.7. The highest BCUT2D eigenvalue weighted by molar-refractivity contribution is 9.10. The average molecular weight is 292 g/mol. The van der Waals surface area contributed by atoms with Gasteiger partial charge in [0.25, 0.3) is 0 Å². The summed E-state index contributed by atoms with van der Waals surface area (Å²) in [6.45, 7) is 2.39. The molecule has 1 unspecified atom stereocenters. The Balaban J connectivity index is 2.48. The van der Waals surface area contributed by atoms with Crippen LogP contribution in [0.2, 0.25) is 0 Å². The first-order chi connectivity index (χ1) is 7.52. The second-order valence-electron chi connectivity index (χ2n) is 3.32. The minimum Gasteiger partial charge on any atom is -0.383 e. The highest BCUT2D eigenvalue weighted by Crippen LogP contribution is 2.07. The molecule has 1 heterocycles. The molecule has 1 amide bonds. The molecule has 1 rings (SSSR count). The van der Waals surface area contributed by atoms with Crippen LogP contribution in [0.4, 0.5) is 5.95 Å². The highest BCUT2D eigenvalue weighted by Gasteiger charge is 2.11. The maximum Gasteiger partial charge on any atom is 0.242 e. The summed E-state index contributed by atoms with van der Waals surface area (Å²) in [6, 6.07) is -0.0443. The Labute approximate surface area is 101 Å². The van der Waals surface area contributed by atoms with Gasteiger partial charge in [0, 0.05) is 13.2 Å². The third kappa shape index (κ3) is 3.78. The van der Waals surface area contributed by atoms with Crippen molar-refractivity contribution in [2.75, 3.05) is 19.5 Å². The Morgan fingerprint density at radius 3 is 2.94 bits per heavy atom. The molecule has 1 aromatic heterocycles. The largest absolute Gasteiger partial charge is 0.383 e. The van der Waals surface area contributed by atoms with Gasteiger partial charge in [0.15, 0.2) is 4.73 Å². The summed E-state index contributed by atoms with van der Waals surface area (Å²) in [4.78, 5) is 15.4. The molecule has 0 radical (unpaired) electrons. The van der Waals surface area contributed by atoms with Gasteiger partial charge in [-0.25, -0.2) is 4.68 Å². The number of hydrogen-bond acceptors (Lipinski definition) is 5. The van der Waals surface area contributed by atoms with Crippen LogP contribution in [-0.2, 0) is 16.1 Å². The molecule has 0 aliphatic heterocycles. The number of carbonyl (C=O) groups is 1. The second-order valence-corrected chi connectivity index (χ2v) is 4.03. The molecule has 0 spiro atoms. The van der Waals surface area contributed by atoms with E-state index in [0.29, 0.717) is 11.3 Å². The van der Waals surface area contributed by atoms with Crippen molar-refractivity contribution in [3.8, 4) is 0 Å². The van der Waals surface area contributed by atoms with E-state index in [1.54, 1.807) is 7.11 Å². The molecule has 1 aromatic rings. The van der Waals surface area contributed by atoms with E-state index in [1.165, 1.54) is 4.68 Å². The van der Waals surface area contributed by atoms with E-state index >= 15 is 0 Å². The van der Waals surface area contributed by atoms with Gasteiger partial charge in [-0.05, 0) is 22.9 Å². The molecular weight excluding hydrogens is 278 g/mol. The molecule has 0 saturated heterocycles. The molecular formula is C8H14BrN5O2. The van der Waals surface area contributed by atoms with E-state index in [0.717, 1.165) is 0 Å². The normalized spacial score (nSPS) is 12.4. The first-order valence-electron chi connectivity index (χ1n) is 4.67. The number of carbonyl (C=O) groups excluding carboxylic acids is 1. The van der Waals surface area contributed by atoms with E-state index in [-0.39, 0.29) is 24.4 Å². The van der Waals surface area contributed by atoms with Crippen LogP contribution in [0, 0.1) is 0 Å². The van der Waals surface area contributed by atoms with Crippen LogP contribution in [0.15, 0.2) is 4.73 Å². The summed E-state index contributed by atoms with van der Waals surface area (Å²) < 4.78 is 6.71. The second kappa shape index (κ2) is 5.80. The summed E-state index contributed by atoms with van der Waals surface area (Å²) in [6.07, 6.45) is 0. The van der Waals surface area contributed by atoms with Gasteiger partial charge in [-0.15, -0.1) is 5.10 Å². The number of rotatable bonds is 5. The molecule has 0 bridgehead atoms. The maximum absolute atomic E-state index is 11.5. The lowest BCUT2D eigenvalue weighted by Gasteiger charge is -2.12. The third-order valence-corrected chi connectivity index (χ3v) is 2.35. The predicted octanol–water partition coefficient (Wildman–Crippen LogP) is -0.226. The average Bonchev–Trinajstić information content (AvgIpc) is 2.44. The van der Waals surface area contributed by atoms with Crippen LogP contribution < -0.4 is 11.1 Å². The van der Waals surface area contributed by atoms with Gasteiger partial charge in [-0.2, -0.15) is 4.98 Å². The van der Waals surface area contributed by atoms with Crippen LogP contribution in [0.25, 0.3) is 0 Å². The molecule has 1 atom stereocenters. The third-order valence-electron chi connectivity index (χ3n) is 1.76. The lowest BCUT2D eigenvalue weighted by Crippen LogP contribution is -2.37. The SMILES string of the molecule is COCC(C)NC(=O)Cn1nc(N)nc1Br. The number of ether oxygens (including phenoxy) is 1. The Hall–Kier alpha value is -1.15. The summed E-state index contributed by atoms with van der Waals surface area (Å²) in [7, 11) is 1.58. The fraction of sp³-hybridized carbons (Fsp3) is 0.625. The van der Waals surface area contributed by atoms with E-state index in [1.807, 2.05) is 6.92 Å². The van der Waals surface area contributed by atoms with Crippen molar-refractivity contribution in [3.05, 3.63) is 4.73 Å². The van der Waals surface area contributed by atoms with Crippen molar-refractivity contribution < 1.29 is 9.53 Å². The molecule has 0 aliphatic carbocycles. The van der Waals surface area contributed by atoms with Crippen LogP contribution >= 0.6 is 15.9 Å². The Morgan fingerprint density at radius 2 is 2.44 bits per heavy atom. The zero-order valence-electron chi connectivity index (χ0n) is 9.11. The smallest absolute Gasteiger partial charge is 0.242 e. The Kier molecular flexibility index (Phi) is 4.69. The lowest BCUT2D eigenvalue weighted by atomic mass is 10.3. The van der Waals surface area contributed by atoms with Crippen LogP contribution in [0.5, 0.6) is 0 Å².